The lowest BCUT2D eigenvalue weighted by Gasteiger charge is -2.67. The molecule has 4 aliphatic carbocycles. The number of hydrogen-bond donors (Lipinski definition) is 10. The number of carboxylic acid groups (broad SMARTS) is 1. The third-order valence-electron chi connectivity index (χ3n) is 15.2. The van der Waals surface area contributed by atoms with Gasteiger partial charge in [0.15, 0.2) is 0 Å². The standard InChI is InChI=1S/C36H60O13/c1-15(4-7-25(40)41)19-5-6-20-26-18(33-31(46)29(44)27(42)23(13-37)48-33)11-16-10-17(39)8-9-35(16,2)21(26)12-22(36(19,20)3)34-32(47)30(45)28(43)24(14-38)49-34/h15-24,26-34,37-39,42-47H,4-14H2,1-3H3,(H,40,41)/t15-,16+,17-,18+,19-,20+,21+,22+,23-,24-,26+,27-,28-,29+,30+,31-,32-,33+,34+,35+,36-/m1/s1. The molecule has 0 amide bonds. The maximum Gasteiger partial charge on any atom is 0.303 e. The molecule has 0 radical (unpaired) electrons. The summed E-state index contributed by atoms with van der Waals surface area (Å²) in [5.41, 5.74) is -0.828. The number of carbonyl (C=O) groups is 1. The number of ether oxygens (including phenoxy) is 2. The van der Waals surface area contributed by atoms with Gasteiger partial charge in [0.2, 0.25) is 0 Å². The number of aliphatic hydroxyl groups excluding tert-OH is 9. The van der Waals surface area contributed by atoms with Crippen molar-refractivity contribution in [1.29, 1.82) is 0 Å². The van der Waals surface area contributed by atoms with Crippen LogP contribution in [0.3, 0.4) is 0 Å². The Morgan fingerprint density at radius 2 is 1.33 bits per heavy atom. The fourth-order valence-electron chi connectivity index (χ4n) is 12.7. The van der Waals surface area contributed by atoms with E-state index in [1.807, 2.05) is 0 Å². The number of carboxylic acids is 1. The molecule has 0 spiro atoms. The average molecular weight is 701 g/mol. The highest BCUT2D eigenvalue weighted by atomic mass is 16.6. The second kappa shape index (κ2) is 14.1. The van der Waals surface area contributed by atoms with Crippen LogP contribution in [0, 0.1) is 58.2 Å². The molecule has 6 fully saturated rings. The Morgan fingerprint density at radius 1 is 0.735 bits per heavy atom. The topological polar surface area (TPSA) is 238 Å². The van der Waals surface area contributed by atoms with Crippen LogP contribution in [0.4, 0.5) is 0 Å². The maximum atomic E-state index is 11.7. The second-order valence-electron chi connectivity index (χ2n) is 17.2. The van der Waals surface area contributed by atoms with Gasteiger partial charge >= 0.3 is 5.97 Å². The number of rotatable bonds is 8. The lowest BCUT2D eigenvalue weighted by molar-refractivity contribution is -0.288. The lowest BCUT2D eigenvalue weighted by Crippen LogP contribution is -2.68. The van der Waals surface area contributed by atoms with Gasteiger partial charge in [-0.3, -0.25) is 4.79 Å². The summed E-state index contributed by atoms with van der Waals surface area (Å²) >= 11 is 0. The Labute approximate surface area is 288 Å². The van der Waals surface area contributed by atoms with Crippen LogP contribution in [-0.4, -0.2) is 137 Å². The van der Waals surface area contributed by atoms with Crippen molar-refractivity contribution in [3.8, 4) is 0 Å². The van der Waals surface area contributed by atoms with Crippen molar-refractivity contribution in [2.75, 3.05) is 13.2 Å². The summed E-state index contributed by atoms with van der Waals surface area (Å²) in [6.45, 7) is 5.42. The Bertz CT molecular complexity index is 1170. The van der Waals surface area contributed by atoms with E-state index in [2.05, 4.69) is 20.8 Å². The van der Waals surface area contributed by atoms with Gasteiger partial charge in [-0.15, -0.1) is 0 Å². The van der Waals surface area contributed by atoms with Gasteiger partial charge in [0.1, 0.15) is 48.8 Å². The van der Waals surface area contributed by atoms with E-state index in [1.165, 1.54) is 0 Å². The number of aliphatic hydroxyl groups is 9. The molecule has 13 heteroatoms. The summed E-state index contributed by atoms with van der Waals surface area (Å²) < 4.78 is 12.7. The normalized spacial score (nSPS) is 55.2. The predicted octanol–water partition coefficient (Wildman–Crippen LogP) is -0.356. The minimum atomic E-state index is -1.54. The third-order valence-corrected chi connectivity index (χ3v) is 15.2. The molecule has 0 bridgehead atoms. The van der Waals surface area contributed by atoms with Gasteiger partial charge in [-0.25, -0.2) is 0 Å². The van der Waals surface area contributed by atoms with Crippen LogP contribution in [-0.2, 0) is 14.3 Å². The van der Waals surface area contributed by atoms with Gasteiger partial charge in [0.05, 0.1) is 31.5 Å². The first-order valence-corrected chi connectivity index (χ1v) is 18.6. The van der Waals surface area contributed by atoms with E-state index in [-0.39, 0.29) is 59.2 Å². The van der Waals surface area contributed by atoms with E-state index in [0.717, 1.165) is 19.3 Å². The predicted molar refractivity (Wildman–Crippen MR) is 173 cm³/mol. The molecule has 2 saturated heterocycles. The fraction of sp³-hybridized carbons (Fsp3) is 0.972. The minimum absolute atomic E-state index is 0.00401. The summed E-state index contributed by atoms with van der Waals surface area (Å²) in [5, 5.41) is 107. The molecule has 10 N–H and O–H groups in total. The van der Waals surface area contributed by atoms with Crippen LogP contribution >= 0.6 is 0 Å². The molecule has 0 aromatic rings. The molecule has 2 heterocycles. The van der Waals surface area contributed by atoms with Crippen molar-refractivity contribution >= 4 is 5.97 Å². The molecule has 49 heavy (non-hydrogen) atoms. The molecular formula is C36H60O13. The van der Waals surface area contributed by atoms with E-state index in [0.29, 0.717) is 32.1 Å². The Balaban J connectivity index is 1.47. The van der Waals surface area contributed by atoms with Crippen molar-refractivity contribution in [2.24, 2.45) is 58.2 Å². The van der Waals surface area contributed by atoms with Gasteiger partial charge in [-0.2, -0.15) is 0 Å². The van der Waals surface area contributed by atoms with Crippen molar-refractivity contribution in [1.82, 2.24) is 0 Å². The molecule has 0 unspecified atom stereocenters. The van der Waals surface area contributed by atoms with Crippen LogP contribution in [0.1, 0.15) is 78.6 Å². The number of fused-ring (bicyclic) bond motifs is 5. The van der Waals surface area contributed by atoms with Crippen LogP contribution in [0.25, 0.3) is 0 Å². The van der Waals surface area contributed by atoms with Crippen molar-refractivity contribution < 1.29 is 65.3 Å². The molecule has 6 rings (SSSR count). The van der Waals surface area contributed by atoms with Gasteiger partial charge in [0.25, 0.3) is 0 Å². The van der Waals surface area contributed by atoms with Crippen LogP contribution in [0.5, 0.6) is 0 Å². The van der Waals surface area contributed by atoms with Crippen molar-refractivity contribution in [2.45, 2.75) is 146 Å². The monoisotopic (exact) mass is 700 g/mol. The Kier molecular flexibility index (Phi) is 10.9. The number of hydrogen-bond acceptors (Lipinski definition) is 12. The molecule has 6 aliphatic rings. The van der Waals surface area contributed by atoms with Gasteiger partial charge in [-0.05, 0) is 110 Å². The molecule has 282 valence electrons. The highest BCUT2D eigenvalue weighted by Crippen LogP contribution is 2.72. The third kappa shape index (κ3) is 6.10. The quantitative estimate of drug-likeness (QED) is 0.156. The summed E-state index contributed by atoms with van der Waals surface area (Å²) in [5.74, 6) is -1.67. The first-order chi connectivity index (χ1) is 23.1. The number of aliphatic carboxylic acids is 1. The van der Waals surface area contributed by atoms with Crippen LogP contribution < -0.4 is 0 Å². The molecule has 4 saturated carbocycles. The fourth-order valence-corrected chi connectivity index (χ4v) is 12.7. The summed E-state index contributed by atoms with van der Waals surface area (Å²) in [4.78, 5) is 11.7. The summed E-state index contributed by atoms with van der Waals surface area (Å²) in [7, 11) is 0. The van der Waals surface area contributed by atoms with Gasteiger partial charge in [-0.1, -0.05) is 20.8 Å². The van der Waals surface area contributed by atoms with Crippen LogP contribution in [0.15, 0.2) is 0 Å². The summed E-state index contributed by atoms with van der Waals surface area (Å²) in [6.07, 6.45) is -8.29. The highest BCUT2D eigenvalue weighted by Gasteiger charge is 2.69. The van der Waals surface area contributed by atoms with E-state index >= 15 is 0 Å². The average Bonchev–Trinajstić information content (AvgIpc) is 3.43. The van der Waals surface area contributed by atoms with Crippen molar-refractivity contribution in [3.63, 3.8) is 0 Å². The SMILES string of the molecule is C[C@H](CCC(=O)O)[C@H]1CC[C@H]2[C@@H]3[C@@H]([C@@H]4O[C@H](CO)[C@@H](O)[C@H](O)[C@H]4O)C[C@@H]4C[C@H](O)CC[C@]4(C)[C@H]3C[C@@H]([C@@H]3O[C@H](CO)[C@@H](O)[C@H](O)[C@H]3O)[C@]12C. The molecule has 2 aliphatic heterocycles. The highest BCUT2D eigenvalue weighted by molar-refractivity contribution is 5.66. The van der Waals surface area contributed by atoms with Gasteiger partial charge in [0, 0.05) is 6.42 Å². The largest absolute Gasteiger partial charge is 0.481 e. The summed E-state index contributed by atoms with van der Waals surface area (Å²) in [6, 6.07) is 0. The molecular weight excluding hydrogens is 640 g/mol. The van der Waals surface area contributed by atoms with E-state index in [9.17, 15) is 55.9 Å². The Morgan fingerprint density at radius 3 is 1.92 bits per heavy atom. The molecule has 0 aromatic heterocycles. The van der Waals surface area contributed by atoms with E-state index in [1.54, 1.807) is 0 Å². The lowest BCUT2D eigenvalue weighted by atomic mass is 9.39. The molecule has 0 aromatic carbocycles. The molecule has 13 nitrogen and oxygen atoms in total. The minimum Gasteiger partial charge on any atom is -0.481 e. The zero-order chi connectivity index (χ0) is 35.7. The van der Waals surface area contributed by atoms with Gasteiger partial charge < -0.3 is 60.5 Å². The van der Waals surface area contributed by atoms with Crippen LogP contribution in [0.2, 0.25) is 0 Å². The zero-order valence-corrected chi connectivity index (χ0v) is 28.9. The Hall–Kier alpha value is -0.970. The maximum absolute atomic E-state index is 11.7. The zero-order valence-electron chi connectivity index (χ0n) is 28.9. The van der Waals surface area contributed by atoms with E-state index in [4.69, 9.17) is 9.47 Å². The first-order valence-electron chi connectivity index (χ1n) is 18.6. The van der Waals surface area contributed by atoms with Crippen molar-refractivity contribution in [3.05, 3.63) is 0 Å². The second-order valence-corrected chi connectivity index (χ2v) is 17.2. The molecule has 21 atom stereocenters. The van der Waals surface area contributed by atoms with E-state index < -0.39 is 91.7 Å². The smallest absolute Gasteiger partial charge is 0.303 e. The first kappa shape index (κ1) is 37.8.